The van der Waals surface area contributed by atoms with Gasteiger partial charge in [0.15, 0.2) is 5.82 Å². The third kappa shape index (κ3) is 3.30. The van der Waals surface area contributed by atoms with Crippen LogP contribution in [0.15, 0.2) is 42.9 Å². The molecule has 0 N–H and O–H groups in total. The number of nitrogens with zero attached hydrogens (tertiary/aromatic N) is 4. The van der Waals surface area contributed by atoms with Gasteiger partial charge in [0.1, 0.15) is 11.6 Å². The summed E-state index contributed by atoms with van der Waals surface area (Å²) in [5.41, 5.74) is 3.07. The minimum Gasteiger partial charge on any atom is -0.294 e. The number of pyridine rings is 1. The normalized spacial score (nSPS) is 14.3. The fraction of sp³-hybridized carbons (Fsp3) is 0.211. The number of aromatic nitrogens is 3. The van der Waals surface area contributed by atoms with Gasteiger partial charge >= 0.3 is 0 Å². The number of halogens is 3. The zero-order chi connectivity index (χ0) is 18.1. The van der Waals surface area contributed by atoms with Crippen LogP contribution in [0, 0.1) is 11.6 Å². The highest BCUT2D eigenvalue weighted by Crippen LogP contribution is 2.27. The van der Waals surface area contributed by atoms with Crippen molar-refractivity contribution >= 4 is 11.6 Å². The highest BCUT2D eigenvalue weighted by Gasteiger charge is 2.22. The van der Waals surface area contributed by atoms with E-state index in [4.69, 9.17) is 11.6 Å². The van der Waals surface area contributed by atoms with E-state index in [1.54, 1.807) is 18.6 Å². The predicted octanol–water partition coefficient (Wildman–Crippen LogP) is 4.03. The standard InChI is InChI=1S/C19H15ClF2N4/c20-18-14(15(21)1-2-16(18)22)11-26-8-5-17-13(10-26)9-24-19(25-17)12-3-6-23-7-4-12/h1-4,6-7,9H,5,8,10-11H2. The third-order valence-corrected chi connectivity index (χ3v) is 4.88. The van der Waals surface area contributed by atoms with Crippen LogP contribution in [0.1, 0.15) is 16.8 Å². The molecule has 1 aliphatic heterocycles. The van der Waals surface area contributed by atoms with Crippen molar-refractivity contribution in [2.24, 2.45) is 0 Å². The number of rotatable bonds is 3. The SMILES string of the molecule is Fc1ccc(F)c(CN2CCc3nc(-c4ccncc4)ncc3C2)c1Cl. The van der Waals surface area contributed by atoms with Crippen LogP contribution in [-0.2, 0) is 19.5 Å². The molecule has 0 saturated heterocycles. The zero-order valence-electron chi connectivity index (χ0n) is 13.8. The summed E-state index contributed by atoms with van der Waals surface area (Å²) in [5, 5.41) is -0.153. The summed E-state index contributed by atoms with van der Waals surface area (Å²) in [4.78, 5) is 15.1. The Balaban J connectivity index is 1.55. The van der Waals surface area contributed by atoms with Crippen LogP contribution < -0.4 is 0 Å². The lowest BCUT2D eigenvalue weighted by molar-refractivity contribution is 0.239. The molecule has 4 rings (SSSR count). The molecule has 2 aromatic heterocycles. The zero-order valence-corrected chi connectivity index (χ0v) is 14.5. The summed E-state index contributed by atoms with van der Waals surface area (Å²) in [7, 11) is 0. The van der Waals surface area contributed by atoms with Gasteiger partial charge in [-0.2, -0.15) is 0 Å². The lowest BCUT2D eigenvalue weighted by atomic mass is 10.1. The van der Waals surface area contributed by atoms with Gasteiger partial charge in [-0.3, -0.25) is 9.88 Å². The van der Waals surface area contributed by atoms with Crippen LogP contribution in [0.4, 0.5) is 8.78 Å². The van der Waals surface area contributed by atoms with Crippen LogP contribution in [0.25, 0.3) is 11.4 Å². The van der Waals surface area contributed by atoms with Crippen LogP contribution in [0.5, 0.6) is 0 Å². The van der Waals surface area contributed by atoms with Crippen LogP contribution >= 0.6 is 11.6 Å². The number of hydrogen-bond acceptors (Lipinski definition) is 4. The Hall–Kier alpha value is -2.44. The first-order valence-corrected chi connectivity index (χ1v) is 8.59. The number of hydrogen-bond donors (Lipinski definition) is 0. The first-order chi connectivity index (χ1) is 12.6. The van der Waals surface area contributed by atoms with Crippen molar-refractivity contribution in [1.82, 2.24) is 19.9 Å². The van der Waals surface area contributed by atoms with Crippen LogP contribution in [0.3, 0.4) is 0 Å². The molecule has 0 saturated carbocycles. The summed E-state index contributed by atoms with van der Waals surface area (Å²) in [6, 6.07) is 5.89. The molecule has 0 amide bonds. The van der Waals surface area contributed by atoms with E-state index in [2.05, 4.69) is 15.0 Å². The molecule has 0 spiro atoms. The Morgan fingerprint density at radius 1 is 1.08 bits per heavy atom. The second-order valence-electron chi connectivity index (χ2n) is 6.18. The summed E-state index contributed by atoms with van der Waals surface area (Å²) in [6.07, 6.45) is 5.92. The quantitative estimate of drug-likeness (QED) is 0.651. The van der Waals surface area contributed by atoms with Gasteiger partial charge < -0.3 is 0 Å². The van der Waals surface area contributed by atoms with Gasteiger partial charge in [0.2, 0.25) is 0 Å². The molecule has 1 aromatic carbocycles. The van der Waals surface area contributed by atoms with Gasteiger partial charge in [-0.05, 0) is 24.3 Å². The molecule has 0 atom stereocenters. The highest BCUT2D eigenvalue weighted by molar-refractivity contribution is 6.31. The molecule has 0 radical (unpaired) electrons. The highest BCUT2D eigenvalue weighted by atomic mass is 35.5. The van der Waals surface area contributed by atoms with Gasteiger partial charge in [0.25, 0.3) is 0 Å². The molecule has 132 valence electrons. The van der Waals surface area contributed by atoms with Crippen LogP contribution in [-0.4, -0.2) is 26.4 Å². The van der Waals surface area contributed by atoms with Crippen molar-refractivity contribution in [3.05, 3.63) is 76.3 Å². The minimum absolute atomic E-state index is 0.153. The van der Waals surface area contributed by atoms with Crippen molar-refractivity contribution in [3.8, 4) is 11.4 Å². The fourth-order valence-electron chi connectivity index (χ4n) is 3.09. The van der Waals surface area contributed by atoms with E-state index in [9.17, 15) is 8.78 Å². The second-order valence-corrected chi connectivity index (χ2v) is 6.56. The number of fused-ring (bicyclic) bond motifs is 1. The first kappa shape index (κ1) is 17.0. The lowest BCUT2D eigenvalue weighted by Gasteiger charge is -2.28. The molecule has 0 bridgehead atoms. The van der Waals surface area contributed by atoms with Gasteiger partial charge in [-0.25, -0.2) is 18.7 Å². The molecule has 4 nitrogen and oxygen atoms in total. The predicted molar refractivity (Wildman–Crippen MR) is 94.4 cm³/mol. The molecular weight excluding hydrogens is 358 g/mol. The molecule has 1 aliphatic rings. The Kier molecular flexibility index (Phi) is 4.61. The van der Waals surface area contributed by atoms with E-state index < -0.39 is 11.6 Å². The molecule has 3 aromatic rings. The van der Waals surface area contributed by atoms with E-state index in [1.165, 1.54) is 0 Å². The first-order valence-electron chi connectivity index (χ1n) is 8.22. The van der Waals surface area contributed by atoms with Gasteiger partial charge in [-0.1, -0.05) is 11.6 Å². The number of benzene rings is 1. The van der Waals surface area contributed by atoms with E-state index in [1.807, 2.05) is 17.0 Å². The average molecular weight is 373 g/mol. The van der Waals surface area contributed by atoms with Gasteiger partial charge in [0, 0.05) is 61.3 Å². The molecule has 26 heavy (non-hydrogen) atoms. The van der Waals surface area contributed by atoms with E-state index >= 15 is 0 Å². The van der Waals surface area contributed by atoms with E-state index in [0.29, 0.717) is 25.3 Å². The van der Waals surface area contributed by atoms with Crippen molar-refractivity contribution in [1.29, 1.82) is 0 Å². The maximum absolute atomic E-state index is 14.0. The van der Waals surface area contributed by atoms with Gasteiger partial charge in [0.05, 0.1) is 10.7 Å². The molecule has 3 heterocycles. The Morgan fingerprint density at radius 2 is 1.85 bits per heavy atom. The Bertz CT molecular complexity index is 950. The fourth-order valence-corrected chi connectivity index (χ4v) is 3.30. The third-order valence-electron chi connectivity index (χ3n) is 4.47. The van der Waals surface area contributed by atoms with Crippen LogP contribution in [0.2, 0.25) is 5.02 Å². The largest absolute Gasteiger partial charge is 0.294 e. The molecule has 0 aliphatic carbocycles. The Morgan fingerprint density at radius 3 is 2.65 bits per heavy atom. The second kappa shape index (κ2) is 7.05. The van der Waals surface area contributed by atoms with E-state index in [-0.39, 0.29) is 17.1 Å². The molecular formula is C19H15ClF2N4. The topological polar surface area (TPSA) is 41.9 Å². The van der Waals surface area contributed by atoms with E-state index in [0.717, 1.165) is 29.0 Å². The molecule has 7 heteroatoms. The molecule has 0 fully saturated rings. The summed E-state index contributed by atoms with van der Waals surface area (Å²) in [6.45, 7) is 1.50. The van der Waals surface area contributed by atoms with Crippen molar-refractivity contribution in [2.45, 2.75) is 19.5 Å². The van der Waals surface area contributed by atoms with Gasteiger partial charge in [-0.15, -0.1) is 0 Å². The molecule has 0 unspecified atom stereocenters. The maximum atomic E-state index is 14.0. The van der Waals surface area contributed by atoms with Crippen molar-refractivity contribution in [2.75, 3.05) is 6.54 Å². The average Bonchev–Trinajstić information content (AvgIpc) is 2.68. The smallest absolute Gasteiger partial charge is 0.159 e. The monoisotopic (exact) mass is 372 g/mol. The van der Waals surface area contributed by atoms with Crippen molar-refractivity contribution in [3.63, 3.8) is 0 Å². The summed E-state index contributed by atoms with van der Waals surface area (Å²) in [5.74, 6) is -0.434. The lowest BCUT2D eigenvalue weighted by Crippen LogP contribution is -2.31. The Labute approximate surface area is 154 Å². The maximum Gasteiger partial charge on any atom is 0.159 e. The minimum atomic E-state index is -0.606. The van der Waals surface area contributed by atoms with Crippen molar-refractivity contribution < 1.29 is 8.78 Å². The summed E-state index contributed by atoms with van der Waals surface area (Å²) < 4.78 is 27.6. The summed E-state index contributed by atoms with van der Waals surface area (Å²) >= 11 is 5.94.